The van der Waals surface area contributed by atoms with Gasteiger partial charge in [-0.15, -0.1) is 0 Å². The zero-order valence-electron chi connectivity index (χ0n) is 16.4. The van der Waals surface area contributed by atoms with Crippen molar-refractivity contribution in [3.05, 3.63) is 89.1 Å². The number of ether oxygens (including phenoxy) is 1. The van der Waals surface area contributed by atoms with E-state index >= 15 is 0 Å². The average molecular weight is 389 g/mol. The predicted molar refractivity (Wildman–Crippen MR) is 112 cm³/mol. The summed E-state index contributed by atoms with van der Waals surface area (Å²) in [5, 5.41) is 6.05. The second-order valence-electron chi connectivity index (χ2n) is 6.52. The van der Waals surface area contributed by atoms with Crippen LogP contribution in [0.3, 0.4) is 0 Å². The first-order valence-electron chi connectivity index (χ1n) is 9.39. The molecule has 3 aromatic rings. The molecule has 29 heavy (non-hydrogen) atoms. The van der Waals surface area contributed by atoms with Gasteiger partial charge in [-0.25, -0.2) is 9.78 Å². The van der Waals surface area contributed by atoms with Gasteiger partial charge in [0.1, 0.15) is 5.82 Å². The van der Waals surface area contributed by atoms with E-state index in [0.29, 0.717) is 30.1 Å². The summed E-state index contributed by atoms with van der Waals surface area (Å²) in [6.45, 7) is 4.58. The van der Waals surface area contributed by atoms with Crippen molar-refractivity contribution < 1.29 is 14.3 Å². The summed E-state index contributed by atoms with van der Waals surface area (Å²) in [4.78, 5) is 28.4. The van der Waals surface area contributed by atoms with Gasteiger partial charge in [-0.2, -0.15) is 0 Å². The Morgan fingerprint density at radius 2 is 1.79 bits per heavy atom. The SMILES string of the molecule is CCOC(=O)c1ccc(Nc2cc(C(=O)NCc3cccc(C)c3)ccn2)cc1. The Labute approximate surface area is 169 Å². The fourth-order valence-electron chi connectivity index (χ4n) is 2.80. The number of pyridine rings is 1. The molecular formula is C23H23N3O3. The minimum Gasteiger partial charge on any atom is -0.462 e. The zero-order chi connectivity index (χ0) is 20.6. The molecule has 0 fully saturated rings. The van der Waals surface area contributed by atoms with Crippen LogP contribution in [0.5, 0.6) is 0 Å². The molecule has 0 unspecified atom stereocenters. The predicted octanol–water partition coefficient (Wildman–Crippen LogP) is 4.24. The quantitative estimate of drug-likeness (QED) is 0.591. The van der Waals surface area contributed by atoms with Gasteiger partial charge >= 0.3 is 5.97 Å². The molecule has 0 bridgehead atoms. The van der Waals surface area contributed by atoms with Crippen LogP contribution in [-0.2, 0) is 11.3 Å². The van der Waals surface area contributed by atoms with E-state index in [0.717, 1.165) is 16.8 Å². The molecule has 148 valence electrons. The summed E-state index contributed by atoms with van der Waals surface area (Å²) in [6.07, 6.45) is 1.58. The Morgan fingerprint density at radius 1 is 1.00 bits per heavy atom. The molecule has 0 saturated carbocycles. The number of nitrogens with one attached hydrogen (secondary N) is 2. The van der Waals surface area contributed by atoms with E-state index in [1.54, 1.807) is 49.5 Å². The van der Waals surface area contributed by atoms with Crippen LogP contribution in [-0.4, -0.2) is 23.5 Å². The summed E-state index contributed by atoms with van der Waals surface area (Å²) in [7, 11) is 0. The van der Waals surface area contributed by atoms with Crippen LogP contribution in [0.4, 0.5) is 11.5 Å². The van der Waals surface area contributed by atoms with E-state index in [4.69, 9.17) is 4.74 Å². The molecule has 0 atom stereocenters. The number of hydrogen-bond acceptors (Lipinski definition) is 5. The van der Waals surface area contributed by atoms with Gasteiger partial charge < -0.3 is 15.4 Å². The summed E-state index contributed by atoms with van der Waals surface area (Å²) in [5.41, 5.74) is 3.95. The molecule has 1 aromatic heterocycles. The summed E-state index contributed by atoms with van der Waals surface area (Å²) >= 11 is 0. The van der Waals surface area contributed by atoms with Crippen molar-refractivity contribution in [1.82, 2.24) is 10.3 Å². The second-order valence-corrected chi connectivity index (χ2v) is 6.52. The highest BCUT2D eigenvalue weighted by Crippen LogP contribution is 2.17. The van der Waals surface area contributed by atoms with Crippen molar-refractivity contribution in [2.75, 3.05) is 11.9 Å². The van der Waals surface area contributed by atoms with E-state index < -0.39 is 0 Å². The Bertz CT molecular complexity index is 1000. The van der Waals surface area contributed by atoms with E-state index in [2.05, 4.69) is 15.6 Å². The fraction of sp³-hybridized carbons (Fsp3) is 0.174. The molecule has 0 spiro atoms. The molecule has 1 heterocycles. The Balaban J connectivity index is 1.63. The number of aryl methyl sites for hydroxylation is 1. The molecule has 0 aliphatic carbocycles. The molecule has 0 radical (unpaired) electrons. The monoisotopic (exact) mass is 389 g/mol. The fourth-order valence-corrected chi connectivity index (χ4v) is 2.80. The first kappa shape index (κ1) is 20.1. The molecule has 6 nitrogen and oxygen atoms in total. The van der Waals surface area contributed by atoms with Crippen LogP contribution in [0.2, 0.25) is 0 Å². The van der Waals surface area contributed by atoms with Crippen LogP contribution in [0.15, 0.2) is 66.9 Å². The third-order valence-electron chi connectivity index (χ3n) is 4.23. The summed E-state index contributed by atoms with van der Waals surface area (Å²) < 4.78 is 4.97. The van der Waals surface area contributed by atoms with Gasteiger partial charge in [0.15, 0.2) is 0 Å². The number of esters is 1. The average Bonchev–Trinajstić information content (AvgIpc) is 2.73. The Kier molecular flexibility index (Phi) is 6.58. The van der Waals surface area contributed by atoms with Gasteiger partial charge in [0.25, 0.3) is 5.91 Å². The first-order chi connectivity index (χ1) is 14.0. The lowest BCUT2D eigenvalue weighted by molar-refractivity contribution is 0.0526. The number of aromatic nitrogens is 1. The molecule has 0 saturated heterocycles. The van der Waals surface area contributed by atoms with Crippen molar-refractivity contribution in [1.29, 1.82) is 0 Å². The number of nitrogens with zero attached hydrogens (tertiary/aromatic N) is 1. The number of carbonyl (C=O) groups is 2. The van der Waals surface area contributed by atoms with Crippen LogP contribution >= 0.6 is 0 Å². The lowest BCUT2D eigenvalue weighted by Gasteiger charge is -2.09. The van der Waals surface area contributed by atoms with E-state index in [1.807, 2.05) is 31.2 Å². The number of amides is 1. The van der Waals surface area contributed by atoms with Crippen molar-refractivity contribution >= 4 is 23.4 Å². The standard InChI is InChI=1S/C23H23N3O3/c1-3-29-23(28)18-7-9-20(10-8-18)26-21-14-19(11-12-24-21)22(27)25-15-17-6-4-5-16(2)13-17/h4-14H,3,15H2,1-2H3,(H,24,26)(H,25,27). The second kappa shape index (κ2) is 9.50. The number of rotatable bonds is 7. The lowest BCUT2D eigenvalue weighted by atomic mass is 10.1. The van der Waals surface area contributed by atoms with Crippen molar-refractivity contribution in [2.45, 2.75) is 20.4 Å². The van der Waals surface area contributed by atoms with Crippen molar-refractivity contribution in [3.63, 3.8) is 0 Å². The molecule has 2 aromatic carbocycles. The molecule has 0 aliphatic rings. The van der Waals surface area contributed by atoms with Crippen LogP contribution < -0.4 is 10.6 Å². The summed E-state index contributed by atoms with van der Waals surface area (Å²) in [6, 6.07) is 18.2. The zero-order valence-corrected chi connectivity index (χ0v) is 16.4. The topological polar surface area (TPSA) is 80.3 Å². The smallest absolute Gasteiger partial charge is 0.338 e. The maximum Gasteiger partial charge on any atom is 0.338 e. The molecular weight excluding hydrogens is 366 g/mol. The lowest BCUT2D eigenvalue weighted by Crippen LogP contribution is -2.22. The van der Waals surface area contributed by atoms with Crippen LogP contribution in [0.1, 0.15) is 38.8 Å². The highest BCUT2D eigenvalue weighted by molar-refractivity contribution is 5.95. The van der Waals surface area contributed by atoms with Gasteiger partial charge in [-0.3, -0.25) is 4.79 Å². The highest BCUT2D eigenvalue weighted by atomic mass is 16.5. The minimum atomic E-state index is -0.357. The molecule has 1 amide bonds. The van der Waals surface area contributed by atoms with Gasteiger partial charge in [-0.05, 0) is 55.8 Å². The van der Waals surface area contributed by atoms with Gasteiger partial charge in [0, 0.05) is 24.0 Å². The maximum atomic E-state index is 12.5. The molecule has 6 heteroatoms. The summed E-state index contributed by atoms with van der Waals surface area (Å²) in [5.74, 6) is 0.0103. The normalized spacial score (nSPS) is 10.3. The number of benzene rings is 2. The third kappa shape index (κ3) is 5.65. The Hall–Kier alpha value is -3.67. The van der Waals surface area contributed by atoms with Gasteiger partial charge in [-0.1, -0.05) is 29.8 Å². The van der Waals surface area contributed by atoms with Gasteiger partial charge in [0.05, 0.1) is 12.2 Å². The van der Waals surface area contributed by atoms with E-state index in [-0.39, 0.29) is 11.9 Å². The molecule has 0 aliphatic heterocycles. The number of hydrogen-bond donors (Lipinski definition) is 2. The van der Waals surface area contributed by atoms with Gasteiger partial charge in [0.2, 0.25) is 0 Å². The first-order valence-corrected chi connectivity index (χ1v) is 9.39. The Morgan fingerprint density at radius 3 is 2.52 bits per heavy atom. The number of carbonyl (C=O) groups excluding carboxylic acids is 2. The van der Waals surface area contributed by atoms with Crippen molar-refractivity contribution in [2.24, 2.45) is 0 Å². The molecule has 2 N–H and O–H groups in total. The van der Waals surface area contributed by atoms with E-state index in [9.17, 15) is 9.59 Å². The largest absolute Gasteiger partial charge is 0.462 e. The van der Waals surface area contributed by atoms with Crippen LogP contribution in [0.25, 0.3) is 0 Å². The molecule has 3 rings (SSSR count). The highest BCUT2D eigenvalue weighted by Gasteiger charge is 2.09. The third-order valence-corrected chi connectivity index (χ3v) is 4.23. The maximum absolute atomic E-state index is 12.5. The van der Waals surface area contributed by atoms with E-state index in [1.165, 1.54) is 0 Å². The number of anilines is 2. The van der Waals surface area contributed by atoms with Crippen molar-refractivity contribution in [3.8, 4) is 0 Å². The van der Waals surface area contributed by atoms with Crippen LogP contribution in [0, 0.1) is 6.92 Å². The minimum absolute atomic E-state index is 0.172.